The molecule has 0 unspecified atom stereocenters. The van der Waals surface area contributed by atoms with Crippen LogP contribution in [0.4, 0.5) is 0 Å². The molecule has 8 heteroatoms. The monoisotopic (exact) mass is 636 g/mol. The molecule has 8 bridgehead atoms. The molecule has 0 fully saturated rings. The summed E-state index contributed by atoms with van der Waals surface area (Å²) in [5.74, 6) is 0. The highest BCUT2D eigenvalue weighted by molar-refractivity contribution is 7.08. The molecular weight excluding hydrogens is 617 g/mol. The topological polar surface area (TPSA) is 49.4 Å². The number of allylic oxidation sites excluding steroid dienone is 12. The van der Waals surface area contributed by atoms with Gasteiger partial charge < -0.3 is 0 Å². The Balaban J connectivity index is 1.37. The lowest BCUT2D eigenvalue weighted by molar-refractivity contribution is 1.42. The SMILES string of the molecule is C1=CC2=C(c3ccsc3)C3=NC(=C(c4ccsc4)C4=NC(=C(c5ccsc5)C5=NC(=C(c6ccsc6)C1=N2)C=C5)C=C4)C=C3. The van der Waals surface area contributed by atoms with E-state index in [1.54, 1.807) is 45.3 Å². The average molecular weight is 637 g/mol. The molecule has 0 atom stereocenters. The van der Waals surface area contributed by atoms with E-state index in [1.807, 2.05) is 0 Å². The minimum absolute atomic E-state index is 0.894. The van der Waals surface area contributed by atoms with Gasteiger partial charge in [0.05, 0.1) is 45.6 Å². The van der Waals surface area contributed by atoms with Gasteiger partial charge in [0, 0.05) is 22.3 Å². The van der Waals surface area contributed by atoms with Gasteiger partial charge in [0.2, 0.25) is 0 Å². The molecule has 0 N–H and O–H groups in total. The van der Waals surface area contributed by atoms with Gasteiger partial charge in [-0.25, -0.2) is 20.0 Å². The molecule has 0 amide bonds. The summed E-state index contributed by atoms with van der Waals surface area (Å²) in [7, 11) is 0. The van der Waals surface area contributed by atoms with Crippen molar-refractivity contribution in [2.45, 2.75) is 0 Å². The van der Waals surface area contributed by atoms with Gasteiger partial charge in [-0.05, 0) is 138 Å². The Hall–Kier alpha value is -4.60. The number of hydrogen-bond acceptors (Lipinski definition) is 8. The first-order chi connectivity index (χ1) is 21.8. The van der Waals surface area contributed by atoms with Gasteiger partial charge in [0.1, 0.15) is 0 Å². The van der Waals surface area contributed by atoms with Crippen LogP contribution in [0.5, 0.6) is 0 Å². The van der Waals surface area contributed by atoms with E-state index in [4.69, 9.17) is 20.0 Å². The quantitative estimate of drug-likeness (QED) is 0.214. The molecule has 5 aliphatic rings. The first kappa shape index (κ1) is 25.9. The summed E-state index contributed by atoms with van der Waals surface area (Å²) in [5, 5.41) is 17.1. The molecule has 9 heterocycles. The summed E-state index contributed by atoms with van der Waals surface area (Å²) in [6.07, 6.45) is 16.9. The normalized spacial score (nSPS) is 18.7. The van der Waals surface area contributed by atoms with Crippen LogP contribution in [-0.2, 0) is 0 Å². The first-order valence-electron chi connectivity index (χ1n) is 14.0. The highest BCUT2D eigenvalue weighted by Crippen LogP contribution is 2.39. The van der Waals surface area contributed by atoms with E-state index in [2.05, 4.69) is 116 Å². The van der Waals surface area contributed by atoms with Crippen molar-refractivity contribution in [1.82, 2.24) is 0 Å². The lowest BCUT2D eigenvalue weighted by atomic mass is 10.0. The van der Waals surface area contributed by atoms with E-state index in [-0.39, 0.29) is 0 Å². The predicted octanol–water partition coefficient (Wildman–Crippen LogP) is 9.93. The number of rotatable bonds is 4. The van der Waals surface area contributed by atoms with E-state index in [0.29, 0.717) is 0 Å². The smallest absolute Gasteiger partial charge is 0.0738 e. The number of aliphatic imine (C=N–C) groups is 4. The van der Waals surface area contributed by atoms with E-state index in [1.165, 1.54) is 0 Å². The van der Waals surface area contributed by atoms with Crippen LogP contribution in [0.1, 0.15) is 22.3 Å². The minimum Gasteiger partial charge on any atom is -0.248 e. The molecule has 0 saturated heterocycles. The highest BCUT2D eigenvalue weighted by Gasteiger charge is 2.27. The van der Waals surface area contributed by atoms with Crippen LogP contribution in [0.15, 0.2) is 159 Å². The summed E-state index contributed by atoms with van der Waals surface area (Å²) in [6.45, 7) is 0. The lowest BCUT2D eigenvalue weighted by Crippen LogP contribution is -2.02. The molecule has 9 rings (SSSR count). The molecule has 0 radical (unpaired) electrons. The largest absolute Gasteiger partial charge is 0.248 e. The van der Waals surface area contributed by atoms with Gasteiger partial charge in [-0.1, -0.05) is 0 Å². The van der Waals surface area contributed by atoms with Crippen molar-refractivity contribution in [3.63, 3.8) is 0 Å². The summed E-state index contributed by atoms with van der Waals surface area (Å²) >= 11 is 6.71. The Kier molecular flexibility index (Phi) is 6.19. The third-order valence-electron chi connectivity index (χ3n) is 7.85. The van der Waals surface area contributed by atoms with Crippen LogP contribution in [0.2, 0.25) is 0 Å². The second kappa shape index (κ2) is 10.5. The van der Waals surface area contributed by atoms with Crippen molar-refractivity contribution >= 4 is 90.5 Å². The van der Waals surface area contributed by atoms with Crippen LogP contribution in [0.3, 0.4) is 0 Å². The molecule has 44 heavy (non-hydrogen) atoms. The lowest BCUT2D eigenvalue weighted by Gasteiger charge is -2.10. The third-order valence-corrected chi connectivity index (χ3v) is 10.6. The Morgan fingerprint density at radius 1 is 0.318 bits per heavy atom. The second-order valence-corrected chi connectivity index (χ2v) is 13.5. The molecule has 0 saturated carbocycles. The fraction of sp³-hybridized carbons (Fsp3) is 0. The summed E-state index contributed by atoms with van der Waals surface area (Å²) in [4.78, 5) is 21.1. The molecule has 0 spiro atoms. The zero-order valence-electron chi connectivity index (χ0n) is 23.0. The minimum atomic E-state index is 0.894. The van der Waals surface area contributed by atoms with Crippen LogP contribution < -0.4 is 0 Å². The Labute approximate surface area is 269 Å². The maximum absolute atomic E-state index is 5.26. The maximum Gasteiger partial charge on any atom is 0.0738 e. The van der Waals surface area contributed by atoms with Crippen LogP contribution in [0.25, 0.3) is 22.3 Å². The molecule has 0 aliphatic carbocycles. The van der Waals surface area contributed by atoms with Crippen molar-refractivity contribution in [3.8, 4) is 0 Å². The van der Waals surface area contributed by atoms with Crippen molar-refractivity contribution in [1.29, 1.82) is 0 Å². The van der Waals surface area contributed by atoms with Gasteiger partial charge in [-0.3, -0.25) is 0 Å². The van der Waals surface area contributed by atoms with Gasteiger partial charge >= 0.3 is 0 Å². The van der Waals surface area contributed by atoms with Crippen LogP contribution in [-0.4, -0.2) is 22.8 Å². The van der Waals surface area contributed by atoms with Gasteiger partial charge in [-0.15, -0.1) is 0 Å². The van der Waals surface area contributed by atoms with Crippen molar-refractivity contribution in [3.05, 3.63) is 161 Å². The van der Waals surface area contributed by atoms with Gasteiger partial charge in [-0.2, -0.15) is 45.3 Å². The Morgan fingerprint density at radius 2 is 0.568 bits per heavy atom. The summed E-state index contributed by atoms with van der Waals surface area (Å²) < 4.78 is 0. The fourth-order valence-electron chi connectivity index (χ4n) is 5.90. The number of thiophene rings is 4. The molecule has 208 valence electrons. The first-order valence-corrected chi connectivity index (χ1v) is 17.7. The predicted molar refractivity (Wildman–Crippen MR) is 191 cm³/mol. The standard InChI is InChI=1S/C36H20N4S4/c1-2-26-34(22-10-14-42-18-22)28-5-6-30(39-28)36(24-12-16-44-20-24)32-8-7-31(40-32)35(23-11-15-43-19-23)29-4-3-27(38-29)33(25(1)37-26)21-9-13-41-17-21/h1-20H. The van der Waals surface area contributed by atoms with Gasteiger partial charge in [0.15, 0.2) is 0 Å². The second-order valence-electron chi connectivity index (χ2n) is 10.4. The van der Waals surface area contributed by atoms with Crippen molar-refractivity contribution in [2.75, 3.05) is 0 Å². The number of hydrogen-bond donors (Lipinski definition) is 0. The van der Waals surface area contributed by atoms with Crippen molar-refractivity contribution < 1.29 is 0 Å². The molecule has 4 aromatic heterocycles. The average Bonchev–Trinajstić information content (AvgIpc) is 3.90. The number of nitrogens with zero attached hydrogens (tertiary/aromatic N) is 4. The highest BCUT2D eigenvalue weighted by atomic mass is 32.1. The zero-order chi connectivity index (χ0) is 29.0. The summed E-state index contributed by atoms with van der Waals surface area (Å²) in [6, 6.07) is 8.58. The zero-order valence-corrected chi connectivity index (χ0v) is 26.2. The third kappa shape index (κ3) is 4.30. The van der Waals surface area contributed by atoms with Crippen LogP contribution in [0, 0.1) is 0 Å². The molecule has 5 aliphatic heterocycles. The number of fused-ring (bicyclic) bond motifs is 4. The van der Waals surface area contributed by atoms with Crippen molar-refractivity contribution in [2.24, 2.45) is 20.0 Å². The Bertz CT molecular complexity index is 1890. The molecular formula is C36H20N4S4. The van der Waals surface area contributed by atoms with E-state index in [9.17, 15) is 0 Å². The van der Waals surface area contributed by atoms with E-state index < -0.39 is 0 Å². The van der Waals surface area contributed by atoms with E-state index in [0.717, 1.165) is 90.2 Å². The maximum atomic E-state index is 5.26. The molecule has 0 aromatic carbocycles. The molecule has 4 nitrogen and oxygen atoms in total. The molecule has 4 aromatic rings. The van der Waals surface area contributed by atoms with Crippen LogP contribution >= 0.6 is 45.3 Å². The fourth-order valence-corrected chi connectivity index (χ4v) is 8.48. The Morgan fingerprint density at radius 3 is 0.773 bits per heavy atom. The van der Waals surface area contributed by atoms with E-state index >= 15 is 0 Å². The summed E-state index contributed by atoms with van der Waals surface area (Å²) in [5.41, 5.74) is 15.7. The van der Waals surface area contributed by atoms with Gasteiger partial charge in [0.25, 0.3) is 0 Å².